The number of carboxylic acids is 1. The Morgan fingerprint density at radius 1 is 1.29 bits per heavy atom. The second kappa shape index (κ2) is 6.28. The molecule has 2 aromatic rings. The fraction of sp³-hybridized carbons (Fsp3) is 0.438. The molecular weight excluding hydrogens is 268 g/mol. The normalized spacial score (nSPS) is 15.8. The van der Waals surface area contributed by atoms with Gasteiger partial charge in [0.15, 0.2) is 0 Å². The molecular formula is C16H20N2O3. The lowest BCUT2D eigenvalue weighted by atomic mass is 10.1. The summed E-state index contributed by atoms with van der Waals surface area (Å²) in [6, 6.07) is 7.36. The Morgan fingerprint density at radius 2 is 2.10 bits per heavy atom. The lowest BCUT2D eigenvalue weighted by molar-refractivity contribution is 0.0665. The molecule has 1 aromatic heterocycles. The zero-order valence-corrected chi connectivity index (χ0v) is 12.0. The van der Waals surface area contributed by atoms with Crippen molar-refractivity contribution in [3.05, 3.63) is 35.6 Å². The van der Waals surface area contributed by atoms with E-state index >= 15 is 0 Å². The van der Waals surface area contributed by atoms with Gasteiger partial charge in [-0.05, 0) is 49.7 Å². The van der Waals surface area contributed by atoms with Crippen LogP contribution in [0.25, 0.3) is 11.0 Å². The minimum Gasteiger partial charge on any atom is -0.475 e. The van der Waals surface area contributed by atoms with Gasteiger partial charge in [-0.2, -0.15) is 0 Å². The average Bonchev–Trinajstić information content (AvgIpc) is 3.12. The predicted molar refractivity (Wildman–Crippen MR) is 80.6 cm³/mol. The van der Waals surface area contributed by atoms with E-state index in [2.05, 4.69) is 10.2 Å². The molecule has 5 heteroatoms. The number of hydrogen-bond acceptors (Lipinski definition) is 4. The first-order chi connectivity index (χ1) is 10.2. The van der Waals surface area contributed by atoms with E-state index in [0.717, 1.165) is 30.6 Å². The third-order valence-corrected chi connectivity index (χ3v) is 3.92. The van der Waals surface area contributed by atoms with Crippen LogP contribution in [0.4, 0.5) is 0 Å². The van der Waals surface area contributed by atoms with Crippen molar-refractivity contribution in [2.45, 2.75) is 19.4 Å². The Morgan fingerprint density at radius 3 is 2.86 bits per heavy atom. The maximum absolute atomic E-state index is 10.9. The molecule has 1 aromatic carbocycles. The van der Waals surface area contributed by atoms with E-state index in [1.165, 1.54) is 25.9 Å². The smallest absolute Gasteiger partial charge is 0.371 e. The largest absolute Gasteiger partial charge is 0.475 e. The van der Waals surface area contributed by atoms with Crippen molar-refractivity contribution in [2.24, 2.45) is 0 Å². The second-order valence-electron chi connectivity index (χ2n) is 5.51. The molecule has 3 rings (SSSR count). The summed E-state index contributed by atoms with van der Waals surface area (Å²) in [4.78, 5) is 13.4. The molecule has 0 atom stereocenters. The molecule has 2 N–H and O–H groups in total. The summed E-state index contributed by atoms with van der Waals surface area (Å²) in [6.07, 6.45) is 2.64. The number of fused-ring (bicyclic) bond motifs is 1. The van der Waals surface area contributed by atoms with Gasteiger partial charge in [-0.1, -0.05) is 6.07 Å². The van der Waals surface area contributed by atoms with Crippen LogP contribution in [0, 0.1) is 0 Å². The fourth-order valence-electron chi connectivity index (χ4n) is 2.78. The van der Waals surface area contributed by atoms with Crippen LogP contribution in [-0.2, 0) is 6.54 Å². The van der Waals surface area contributed by atoms with E-state index in [4.69, 9.17) is 9.52 Å². The van der Waals surface area contributed by atoms with Gasteiger partial charge in [0, 0.05) is 25.0 Å². The van der Waals surface area contributed by atoms with E-state index in [1.807, 2.05) is 18.2 Å². The van der Waals surface area contributed by atoms with Crippen LogP contribution < -0.4 is 5.32 Å². The number of hydrogen-bond donors (Lipinski definition) is 2. The summed E-state index contributed by atoms with van der Waals surface area (Å²) >= 11 is 0. The third-order valence-electron chi connectivity index (χ3n) is 3.92. The van der Waals surface area contributed by atoms with Gasteiger partial charge in [0.05, 0.1) is 0 Å². The van der Waals surface area contributed by atoms with Crippen LogP contribution in [-0.4, -0.2) is 42.2 Å². The fourth-order valence-corrected chi connectivity index (χ4v) is 2.78. The molecule has 0 amide bonds. The lowest BCUT2D eigenvalue weighted by Gasteiger charge is -2.14. The Bertz CT molecular complexity index is 629. The number of rotatable bonds is 6. The number of furan rings is 1. The number of nitrogens with zero attached hydrogens (tertiary/aromatic N) is 1. The molecule has 112 valence electrons. The van der Waals surface area contributed by atoms with Gasteiger partial charge in [-0.3, -0.25) is 0 Å². The van der Waals surface area contributed by atoms with Crippen molar-refractivity contribution in [3.8, 4) is 0 Å². The predicted octanol–water partition coefficient (Wildman–Crippen LogP) is 2.32. The molecule has 21 heavy (non-hydrogen) atoms. The van der Waals surface area contributed by atoms with Crippen LogP contribution >= 0.6 is 0 Å². The minimum absolute atomic E-state index is 0.0101. The Kier molecular flexibility index (Phi) is 4.22. The molecule has 1 fully saturated rings. The quantitative estimate of drug-likeness (QED) is 0.799. The molecule has 0 unspecified atom stereocenters. The summed E-state index contributed by atoms with van der Waals surface area (Å²) in [5, 5.41) is 13.2. The first-order valence-electron chi connectivity index (χ1n) is 7.41. The molecule has 5 nitrogen and oxygen atoms in total. The van der Waals surface area contributed by atoms with Gasteiger partial charge in [0.2, 0.25) is 5.76 Å². The van der Waals surface area contributed by atoms with E-state index in [0.29, 0.717) is 5.58 Å². The number of benzene rings is 1. The molecule has 0 saturated carbocycles. The lowest BCUT2D eigenvalue weighted by Crippen LogP contribution is -2.29. The van der Waals surface area contributed by atoms with Crippen LogP contribution in [0.5, 0.6) is 0 Å². The minimum atomic E-state index is -1.03. The van der Waals surface area contributed by atoms with Crippen LogP contribution in [0.15, 0.2) is 28.7 Å². The first-order valence-corrected chi connectivity index (χ1v) is 7.41. The summed E-state index contributed by atoms with van der Waals surface area (Å²) < 4.78 is 5.25. The molecule has 1 aliphatic rings. The molecule has 0 radical (unpaired) electrons. The monoisotopic (exact) mass is 288 g/mol. The van der Waals surface area contributed by atoms with Crippen molar-refractivity contribution >= 4 is 16.9 Å². The third kappa shape index (κ3) is 3.43. The highest BCUT2D eigenvalue weighted by molar-refractivity contribution is 5.91. The Labute approximate surface area is 123 Å². The van der Waals surface area contributed by atoms with E-state index in [9.17, 15) is 4.79 Å². The molecule has 0 aliphatic carbocycles. The van der Waals surface area contributed by atoms with Gasteiger partial charge < -0.3 is 19.7 Å². The molecule has 0 bridgehead atoms. The van der Waals surface area contributed by atoms with Crippen LogP contribution in [0.2, 0.25) is 0 Å². The standard InChI is InChI=1S/C16H20N2O3/c19-16(20)15-10-13-9-12(3-4-14(13)21-15)11-17-5-8-18-6-1-2-7-18/h3-4,9-10,17H,1-2,5-8,11H2,(H,19,20). The highest BCUT2D eigenvalue weighted by Gasteiger charge is 2.11. The van der Waals surface area contributed by atoms with Crippen molar-refractivity contribution < 1.29 is 14.3 Å². The maximum atomic E-state index is 10.9. The van der Waals surface area contributed by atoms with Gasteiger partial charge in [-0.25, -0.2) is 4.79 Å². The number of carboxylic acid groups (broad SMARTS) is 1. The SMILES string of the molecule is O=C(O)c1cc2cc(CNCCN3CCCC3)ccc2o1. The number of carbonyl (C=O) groups is 1. The summed E-state index contributed by atoms with van der Waals surface area (Å²) in [7, 11) is 0. The van der Waals surface area contributed by atoms with Crippen LogP contribution in [0.1, 0.15) is 29.0 Å². The topological polar surface area (TPSA) is 65.7 Å². The maximum Gasteiger partial charge on any atom is 0.371 e. The van der Waals surface area contributed by atoms with Gasteiger partial charge in [0.1, 0.15) is 5.58 Å². The molecule has 1 saturated heterocycles. The second-order valence-corrected chi connectivity index (χ2v) is 5.51. The van der Waals surface area contributed by atoms with E-state index < -0.39 is 5.97 Å². The Balaban J connectivity index is 1.55. The van der Waals surface area contributed by atoms with Crippen molar-refractivity contribution in [3.63, 3.8) is 0 Å². The van der Waals surface area contributed by atoms with Gasteiger partial charge in [0.25, 0.3) is 0 Å². The van der Waals surface area contributed by atoms with E-state index in [1.54, 1.807) is 6.07 Å². The summed E-state index contributed by atoms with van der Waals surface area (Å²) in [5.74, 6) is -1.04. The van der Waals surface area contributed by atoms with Crippen molar-refractivity contribution in [1.82, 2.24) is 10.2 Å². The molecule has 0 spiro atoms. The number of nitrogens with one attached hydrogen (secondary N) is 1. The van der Waals surface area contributed by atoms with Gasteiger partial charge >= 0.3 is 5.97 Å². The first kappa shape index (κ1) is 14.1. The summed E-state index contributed by atoms with van der Waals surface area (Å²) in [6.45, 7) is 5.31. The highest BCUT2D eigenvalue weighted by atomic mass is 16.4. The average molecular weight is 288 g/mol. The van der Waals surface area contributed by atoms with Crippen molar-refractivity contribution in [1.29, 1.82) is 0 Å². The molecule has 2 heterocycles. The van der Waals surface area contributed by atoms with Crippen molar-refractivity contribution in [2.75, 3.05) is 26.2 Å². The van der Waals surface area contributed by atoms with Crippen LogP contribution in [0.3, 0.4) is 0 Å². The number of likely N-dealkylation sites (tertiary alicyclic amines) is 1. The Hall–Kier alpha value is -1.85. The zero-order valence-electron chi connectivity index (χ0n) is 12.0. The number of aromatic carboxylic acids is 1. The van der Waals surface area contributed by atoms with Gasteiger partial charge in [-0.15, -0.1) is 0 Å². The van der Waals surface area contributed by atoms with E-state index in [-0.39, 0.29) is 5.76 Å². The summed E-state index contributed by atoms with van der Waals surface area (Å²) in [5.41, 5.74) is 1.76. The zero-order chi connectivity index (χ0) is 14.7. The highest BCUT2D eigenvalue weighted by Crippen LogP contribution is 2.20. The molecule has 1 aliphatic heterocycles.